The fraction of sp³-hybridized carbons (Fsp3) is 0.444. The van der Waals surface area contributed by atoms with E-state index in [1.54, 1.807) is 6.92 Å². The number of nitrogens with one attached hydrogen (secondary N) is 2. The van der Waals surface area contributed by atoms with Gasteiger partial charge in [-0.25, -0.2) is 9.37 Å². The summed E-state index contributed by atoms with van der Waals surface area (Å²) in [5.41, 5.74) is 2.19. The SMILES string of the molecule is CCN(CC)CCNc1nc(C)c(F)c(Nc2ccccc2C)n1. The molecule has 1 aromatic heterocycles. The molecule has 1 aromatic carbocycles. The van der Waals surface area contributed by atoms with E-state index in [2.05, 4.69) is 39.3 Å². The van der Waals surface area contributed by atoms with Gasteiger partial charge in [0.25, 0.3) is 0 Å². The van der Waals surface area contributed by atoms with Crippen molar-refractivity contribution in [1.82, 2.24) is 14.9 Å². The number of halogens is 1. The van der Waals surface area contributed by atoms with E-state index >= 15 is 0 Å². The van der Waals surface area contributed by atoms with Crippen molar-refractivity contribution in [3.05, 3.63) is 41.3 Å². The molecule has 0 aliphatic heterocycles. The number of hydrogen-bond acceptors (Lipinski definition) is 5. The van der Waals surface area contributed by atoms with Crippen LogP contribution in [-0.4, -0.2) is 41.0 Å². The zero-order chi connectivity index (χ0) is 17.5. The molecule has 0 saturated heterocycles. The lowest BCUT2D eigenvalue weighted by Gasteiger charge is -2.18. The van der Waals surface area contributed by atoms with Gasteiger partial charge in [-0.05, 0) is 38.6 Å². The predicted molar refractivity (Wildman–Crippen MR) is 97.5 cm³/mol. The first-order valence-electron chi connectivity index (χ1n) is 8.38. The summed E-state index contributed by atoms with van der Waals surface area (Å²) in [5.74, 6) is 0.215. The second-order valence-electron chi connectivity index (χ2n) is 5.69. The molecule has 2 rings (SSSR count). The second kappa shape index (κ2) is 8.59. The van der Waals surface area contributed by atoms with Gasteiger partial charge >= 0.3 is 0 Å². The van der Waals surface area contributed by atoms with Crippen molar-refractivity contribution < 1.29 is 4.39 Å². The van der Waals surface area contributed by atoms with Crippen molar-refractivity contribution in [2.45, 2.75) is 27.7 Å². The highest BCUT2D eigenvalue weighted by Crippen LogP contribution is 2.23. The Kier molecular flexibility index (Phi) is 6.49. The molecule has 0 fully saturated rings. The van der Waals surface area contributed by atoms with Crippen LogP contribution in [0.3, 0.4) is 0 Å². The summed E-state index contributed by atoms with van der Waals surface area (Å²) in [5, 5.41) is 6.25. The molecule has 0 spiro atoms. The molecule has 0 saturated carbocycles. The first kappa shape index (κ1) is 18.1. The zero-order valence-electron chi connectivity index (χ0n) is 14.9. The maximum absolute atomic E-state index is 14.3. The Labute approximate surface area is 143 Å². The highest BCUT2D eigenvalue weighted by atomic mass is 19.1. The van der Waals surface area contributed by atoms with Crippen LogP contribution in [0.25, 0.3) is 0 Å². The summed E-state index contributed by atoms with van der Waals surface area (Å²) in [6.45, 7) is 11.5. The largest absolute Gasteiger partial charge is 0.353 e. The van der Waals surface area contributed by atoms with Crippen molar-refractivity contribution in [2.75, 3.05) is 36.8 Å². The zero-order valence-corrected chi connectivity index (χ0v) is 14.9. The van der Waals surface area contributed by atoms with E-state index in [-0.39, 0.29) is 5.82 Å². The molecule has 2 N–H and O–H groups in total. The van der Waals surface area contributed by atoms with E-state index in [4.69, 9.17) is 0 Å². The Hall–Kier alpha value is -2.21. The van der Waals surface area contributed by atoms with Gasteiger partial charge in [0.05, 0.1) is 5.69 Å². The minimum absolute atomic E-state index is 0.196. The summed E-state index contributed by atoms with van der Waals surface area (Å²) < 4.78 is 14.3. The van der Waals surface area contributed by atoms with Crippen LogP contribution in [0.15, 0.2) is 24.3 Å². The molecule has 1 heterocycles. The predicted octanol–water partition coefficient (Wildman–Crippen LogP) is 3.73. The molecule has 0 unspecified atom stereocenters. The second-order valence-corrected chi connectivity index (χ2v) is 5.69. The molecule has 2 aromatic rings. The van der Waals surface area contributed by atoms with Crippen molar-refractivity contribution in [2.24, 2.45) is 0 Å². The van der Waals surface area contributed by atoms with E-state index in [1.807, 2.05) is 31.2 Å². The maximum Gasteiger partial charge on any atom is 0.225 e. The van der Waals surface area contributed by atoms with Gasteiger partial charge < -0.3 is 15.5 Å². The molecule has 0 atom stereocenters. The van der Waals surface area contributed by atoms with Crippen LogP contribution in [0.4, 0.5) is 21.8 Å². The fourth-order valence-corrected chi connectivity index (χ4v) is 2.43. The number of aromatic nitrogens is 2. The van der Waals surface area contributed by atoms with Gasteiger partial charge in [0.1, 0.15) is 0 Å². The number of anilines is 3. The van der Waals surface area contributed by atoms with Gasteiger partial charge in [-0.15, -0.1) is 0 Å². The molecule has 5 nitrogen and oxygen atoms in total. The lowest BCUT2D eigenvalue weighted by atomic mass is 10.2. The number of para-hydroxylation sites is 1. The molecular weight excluding hydrogens is 305 g/mol. The quantitative estimate of drug-likeness (QED) is 0.772. The third-order valence-corrected chi connectivity index (χ3v) is 4.02. The number of nitrogens with zero attached hydrogens (tertiary/aromatic N) is 3. The van der Waals surface area contributed by atoms with E-state index < -0.39 is 5.82 Å². The van der Waals surface area contributed by atoms with Crippen LogP contribution < -0.4 is 10.6 Å². The standard InChI is InChI=1S/C18H26FN5/c1-5-24(6-2)12-11-20-18-21-14(4)16(19)17(23-18)22-15-10-8-7-9-13(15)3/h7-10H,5-6,11-12H2,1-4H3,(H2,20,21,22,23). The van der Waals surface area contributed by atoms with Crippen molar-refractivity contribution in [3.63, 3.8) is 0 Å². The molecule has 0 bridgehead atoms. The Morgan fingerprint density at radius 2 is 1.79 bits per heavy atom. The van der Waals surface area contributed by atoms with Gasteiger partial charge in [0, 0.05) is 18.8 Å². The summed E-state index contributed by atoms with van der Waals surface area (Å²) in [6, 6.07) is 7.73. The van der Waals surface area contributed by atoms with Gasteiger partial charge in [-0.3, -0.25) is 0 Å². The van der Waals surface area contributed by atoms with Crippen molar-refractivity contribution >= 4 is 17.5 Å². The minimum Gasteiger partial charge on any atom is -0.353 e. The summed E-state index contributed by atoms with van der Waals surface area (Å²) in [4.78, 5) is 10.8. The van der Waals surface area contributed by atoms with Crippen LogP contribution in [0.5, 0.6) is 0 Å². The fourth-order valence-electron chi connectivity index (χ4n) is 2.43. The average molecular weight is 331 g/mol. The smallest absolute Gasteiger partial charge is 0.225 e. The highest BCUT2D eigenvalue weighted by Gasteiger charge is 2.12. The Morgan fingerprint density at radius 3 is 2.46 bits per heavy atom. The first-order valence-corrected chi connectivity index (χ1v) is 8.38. The van der Waals surface area contributed by atoms with Crippen molar-refractivity contribution in [1.29, 1.82) is 0 Å². The first-order chi connectivity index (χ1) is 11.5. The summed E-state index contributed by atoms with van der Waals surface area (Å²) in [7, 11) is 0. The normalized spacial score (nSPS) is 10.9. The number of aryl methyl sites for hydroxylation is 2. The third kappa shape index (κ3) is 4.64. The lowest BCUT2D eigenvalue weighted by molar-refractivity contribution is 0.316. The van der Waals surface area contributed by atoms with Gasteiger partial charge in [-0.1, -0.05) is 32.0 Å². The number of likely N-dealkylation sites (N-methyl/N-ethyl adjacent to an activating group) is 1. The van der Waals surface area contributed by atoms with E-state index in [1.165, 1.54) is 0 Å². The van der Waals surface area contributed by atoms with E-state index in [0.29, 0.717) is 11.6 Å². The third-order valence-electron chi connectivity index (χ3n) is 4.02. The Bertz CT molecular complexity index is 670. The van der Waals surface area contributed by atoms with Crippen LogP contribution in [0, 0.1) is 19.7 Å². The number of rotatable bonds is 8. The average Bonchev–Trinajstić information content (AvgIpc) is 2.58. The van der Waals surface area contributed by atoms with Gasteiger partial charge in [0.15, 0.2) is 11.6 Å². The van der Waals surface area contributed by atoms with Gasteiger partial charge in [0.2, 0.25) is 5.95 Å². The Morgan fingerprint density at radius 1 is 1.08 bits per heavy atom. The van der Waals surface area contributed by atoms with Crippen LogP contribution >= 0.6 is 0 Å². The van der Waals surface area contributed by atoms with Crippen LogP contribution in [0.1, 0.15) is 25.1 Å². The monoisotopic (exact) mass is 331 g/mol. The Balaban J connectivity index is 2.12. The molecular formula is C18H26FN5. The van der Waals surface area contributed by atoms with E-state index in [9.17, 15) is 4.39 Å². The number of hydrogen-bond donors (Lipinski definition) is 2. The molecule has 24 heavy (non-hydrogen) atoms. The van der Waals surface area contributed by atoms with Gasteiger partial charge in [-0.2, -0.15) is 4.98 Å². The van der Waals surface area contributed by atoms with Crippen LogP contribution in [0.2, 0.25) is 0 Å². The summed E-state index contributed by atoms with van der Waals surface area (Å²) >= 11 is 0. The molecule has 0 radical (unpaired) electrons. The molecule has 0 aliphatic carbocycles. The molecule has 0 aliphatic rings. The highest BCUT2D eigenvalue weighted by molar-refractivity contribution is 5.61. The van der Waals surface area contributed by atoms with E-state index in [0.717, 1.165) is 37.4 Å². The number of benzene rings is 1. The minimum atomic E-state index is -0.424. The summed E-state index contributed by atoms with van der Waals surface area (Å²) in [6.07, 6.45) is 0. The molecule has 130 valence electrons. The maximum atomic E-state index is 14.3. The van der Waals surface area contributed by atoms with Crippen LogP contribution in [-0.2, 0) is 0 Å². The molecule has 6 heteroatoms. The lowest BCUT2D eigenvalue weighted by Crippen LogP contribution is -2.29. The van der Waals surface area contributed by atoms with Crippen molar-refractivity contribution in [3.8, 4) is 0 Å². The molecule has 0 amide bonds. The topological polar surface area (TPSA) is 53.1 Å².